The lowest BCUT2D eigenvalue weighted by molar-refractivity contribution is 0.102. The van der Waals surface area contributed by atoms with E-state index in [1.165, 1.54) is 7.11 Å². The van der Waals surface area contributed by atoms with Crippen LogP contribution in [0.5, 0.6) is 11.5 Å². The first-order valence-electron chi connectivity index (χ1n) is 9.21. The third kappa shape index (κ3) is 3.86. The van der Waals surface area contributed by atoms with Crippen LogP contribution in [0.1, 0.15) is 10.4 Å². The van der Waals surface area contributed by atoms with E-state index in [4.69, 9.17) is 14.0 Å². The Morgan fingerprint density at radius 1 is 0.867 bits per heavy atom. The number of anilines is 1. The van der Waals surface area contributed by atoms with Crippen molar-refractivity contribution in [2.24, 2.45) is 0 Å². The number of methoxy groups -OCH3 is 2. The summed E-state index contributed by atoms with van der Waals surface area (Å²) in [4.78, 5) is 17.0. The Morgan fingerprint density at radius 3 is 2.27 bits per heavy atom. The maximum Gasteiger partial charge on any atom is 0.259 e. The molecule has 0 atom stereocenters. The molecule has 0 aliphatic carbocycles. The molecular weight excluding hydrogens is 382 g/mol. The Kier molecular flexibility index (Phi) is 5.43. The lowest BCUT2D eigenvalue weighted by Gasteiger charge is -2.09. The van der Waals surface area contributed by atoms with Gasteiger partial charge in [-0.2, -0.15) is 4.98 Å². The molecule has 1 heterocycles. The molecule has 4 rings (SSSR count). The first-order valence-corrected chi connectivity index (χ1v) is 9.21. The molecule has 0 aliphatic heterocycles. The van der Waals surface area contributed by atoms with E-state index < -0.39 is 0 Å². The number of hydrogen-bond acceptors (Lipinski definition) is 6. The Morgan fingerprint density at radius 2 is 1.53 bits per heavy atom. The summed E-state index contributed by atoms with van der Waals surface area (Å²) in [6.45, 7) is 0. The number of aromatic nitrogens is 2. The van der Waals surface area contributed by atoms with Crippen molar-refractivity contribution in [3.63, 3.8) is 0 Å². The van der Waals surface area contributed by atoms with E-state index in [9.17, 15) is 4.79 Å². The molecule has 1 N–H and O–H groups in total. The second kappa shape index (κ2) is 8.48. The average Bonchev–Trinajstić information content (AvgIpc) is 3.29. The van der Waals surface area contributed by atoms with Gasteiger partial charge in [0.2, 0.25) is 5.82 Å². The van der Waals surface area contributed by atoms with Gasteiger partial charge in [-0.05, 0) is 48.5 Å². The minimum Gasteiger partial charge on any atom is -0.496 e. The number of benzene rings is 3. The molecule has 0 bridgehead atoms. The molecule has 7 heteroatoms. The van der Waals surface area contributed by atoms with Crippen LogP contribution in [0, 0.1) is 0 Å². The van der Waals surface area contributed by atoms with Gasteiger partial charge in [0, 0.05) is 11.3 Å². The number of amides is 1. The van der Waals surface area contributed by atoms with E-state index in [0.717, 1.165) is 11.1 Å². The van der Waals surface area contributed by atoms with Gasteiger partial charge in [0.1, 0.15) is 11.5 Å². The lowest BCUT2D eigenvalue weighted by Crippen LogP contribution is -2.12. The van der Waals surface area contributed by atoms with E-state index in [0.29, 0.717) is 34.5 Å². The fourth-order valence-electron chi connectivity index (χ4n) is 3.01. The van der Waals surface area contributed by atoms with Crippen LogP contribution >= 0.6 is 0 Å². The normalized spacial score (nSPS) is 10.5. The highest BCUT2D eigenvalue weighted by molar-refractivity contribution is 6.06. The van der Waals surface area contributed by atoms with Gasteiger partial charge in [-0.1, -0.05) is 29.4 Å². The summed E-state index contributed by atoms with van der Waals surface area (Å²) in [6.07, 6.45) is 0. The SMILES string of the molecule is COc1ccccc1C(=O)Nc1ccc(-c2nc(-c3ccccc3OC)no2)cc1. The number of hydrogen-bond donors (Lipinski definition) is 1. The standard InChI is InChI=1S/C23H19N3O4/c1-28-19-9-5-3-7-17(19)21-25-23(30-26-21)15-11-13-16(14-12-15)24-22(27)18-8-4-6-10-20(18)29-2/h3-14H,1-2H3,(H,24,27). The molecule has 4 aromatic rings. The molecule has 1 aromatic heterocycles. The van der Waals surface area contributed by atoms with Crippen LogP contribution in [0.3, 0.4) is 0 Å². The second-order valence-electron chi connectivity index (χ2n) is 6.36. The van der Waals surface area contributed by atoms with Crippen LogP contribution < -0.4 is 14.8 Å². The number of ether oxygens (including phenoxy) is 2. The maximum atomic E-state index is 12.5. The van der Waals surface area contributed by atoms with Crippen molar-refractivity contribution in [1.29, 1.82) is 0 Å². The number of carbonyl (C=O) groups excluding carboxylic acids is 1. The van der Waals surface area contributed by atoms with Gasteiger partial charge in [0.25, 0.3) is 11.8 Å². The van der Waals surface area contributed by atoms with Gasteiger partial charge in [0.15, 0.2) is 0 Å². The summed E-state index contributed by atoms with van der Waals surface area (Å²) in [6, 6.07) is 21.7. The van der Waals surface area contributed by atoms with Gasteiger partial charge < -0.3 is 19.3 Å². The van der Waals surface area contributed by atoms with Crippen molar-refractivity contribution in [3.8, 4) is 34.3 Å². The largest absolute Gasteiger partial charge is 0.496 e. The molecule has 0 saturated carbocycles. The fourth-order valence-corrected chi connectivity index (χ4v) is 3.01. The zero-order valence-electron chi connectivity index (χ0n) is 16.5. The van der Waals surface area contributed by atoms with Crippen LogP contribution in [0.15, 0.2) is 77.3 Å². The summed E-state index contributed by atoms with van der Waals surface area (Å²) in [7, 11) is 3.13. The van der Waals surface area contributed by atoms with Gasteiger partial charge in [-0.15, -0.1) is 0 Å². The van der Waals surface area contributed by atoms with Crippen molar-refractivity contribution < 1.29 is 18.8 Å². The molecule has 150 valence electrons. The van der Waals surface area contributed by atoms with Gasteiger partial charge in [0.05, 0.1) is 25.3 Å². The molecule has 0 radical (unpaired) electrons. The van der Waals surface area contributed by atoms with Crippen LogP contribution in [-0.4, -0.2) is 30.3 Å². The van der Waals surface area contributed by atoms with Crippen molar-refractivity contribution in [2.75, 3.05) is 19.5 Å². The van der Waals surface area contributed by atoms with Crippen molar-refractivity contribution in [1.82, 2.24) is 10.1 Å². The number of para-hydroxylation sites is 2. The number of rotatable bonds is 6. The lowest BCUT2D eigenvalue weighted by atomic mass is 10.1. The molecule has 1 amide bonds. The molecule has 30 heavy (non-hydrogen) atoms. The third-order valence-corrected chi connectivity index (χ3v) is 4.52. The van der Waals surface area contributed by atoms with Crippen LogP contribution in [0.25, 0.3) is 22.8 Å². The smallest absolute Gasteiger partial charge is 0.259 e. The predicted molar refractivity (Wildman–Crippen MR) is 113 cm³/mol. The second-order valence-corrected chi connectivity index (χ2v) is 6.36. The van der Waals surface area contributed by atoms with Crippen molar-refractivity contribution in [2.45, 2.75) is 0 Å². The summed E-state index contributed by atoms with van der Waals surface area (Å²) in [5.41, 5.74) is 2.58. The number of nitrogens with zero attached hydrogens (tertiary/aromatic N) is 2. The summed E-state index contributed by atoms with van der Waals surface area (Å²) >= 11 is 0. The van der Waals surface area contributed by atoms with Crippen LogP contribution in [0.2, 0.25) is 0 Å². The minimum atomic E-state index is -0.253. The van der Waals surface area contributed by atoms with Gasteiger partial charge >= 0.3 is 0 Å². The van der Waals surface area contributed by atoms with Crippen LogP contribution in [-0.2, 0) is 0 Å². The summed E-state index contributed by atoms with van der Waals surface area (Å²) in [5, 5.41) is 6.91. The molecule has 3 aromatic carbocycles. The molecule has 0 aliphatic rings. The fraction of sp³-hybridized carbons (Fsp3) is 0.0870. The van der Waals surface area contributed by atoms with E-state index in [-0.39, 0.29) is 5.91 Å². The molecule has 0 unspecified atom stereocenters. The number of nitrogens with one attached hydrogen (secondary N) is 1. The van der Waals surface area contributed by atoms with E-state index in [1.54, 1.807) is 49.6 Å². The molecule has 7 nitrogen and oxygen atoms in total. The Labute approximate surface area is 173 Å². The highest BCUT2D eigenvalue weighted by Gasteiger charge is 2.15. The quantitative estimate of drug-likeness (QED) is 0.505. The predicted octanol–water partition coefficient (Wildman–Crippen LogP) is 4.67. The van der Waals surface area contributed by atoms with E-state index in [2.05, 4.69) is 15.5 Å². The Balaban J connectivity index is 1.52. The third-order valence-electron chi connectivity index (χ3n) is 4.52. The first kappa shape index (κ1) is 19.2. The summed E-state index contributed by atoms with van der Waals surface area (Å²) in [5.74, 6) is 1.74. The molecular formula is C23H19N3O4. The van der Waals surface area contributed by atoms with E-state index in [1.807, 2.05) is 30.3 Å². The topological polar surface area (TPSA) is 86.5 Å². The Bertz CT molecular complexity index is 1170. The van der Waals surface area contributed by atoms with Gasteiger partial charge in [-0.25, -0.2) is 0 Å². The molecule has 0 saturated heterocycles. The maximum absolute atomic E-state index is 12.5. The number of carbonyl (C=O) groups is 1. The van der Waals surface area contributed by atoms with Crippen molar-refractivity contribution in [3.05, 3.63) is 78.4 Å². The van der Waals surface area contributed by atoms with Crippen LogP contribution in [0.4, 0.5) is 5.69 Å². The molecule has 0 spiro atoms. The highest BCUT2D eigenvalue weighted by atomic mass is 16.5. The van der Waals surface area contributed by atoms with Gasteiger partial charge in [-0.3, -0.25) is 4.79 Å². The van der Waals surface area contributed by atoms with E-state index >= 15 is 0 Å². The Hall–Kier alpha value is -4.13. The minimum absolute atomic E-state index is 0.253. The zero-order valence-corrected chi connectivity index (χ0v) is 16.5. The zero-order chi connectivity index (χ0) is 20.9. The average molecular weight is 401 g/mol. The van der Waals surface area contributed by atoms with Crippen molar-refractivity contribution >= 4 is 11.6 Å². The highest BCUT2D eigenvalue weighted by Crippen LogP contribution is 2.29. The monoisotopic (exact) mass is 401 g/mol. The summed E-state index contributed by atoms with van der Waals surface area (Å²) < 4.78 is 16.0. The first-order chi connectivity index (χ1) is 14.7. The molecule has 0 fully saturated rings.